The number of ether oxygens (including phenoxy) is 3. The number of esters is 3. The molecule has 0 saturated carbocycles. The molecule has 0 aliphatic heterocycles. The number of rotatable bonds is 51. The summed E-state index contributed by atoms with van der Waals surface area (Å²) < 4.78 is 16.8. The maximum Gasteiger partial charge on any atom is 0.306 e. The molecule has 390 valence electrons. The monoisotopic (exact) mass is 947 g/mol. The zero-order valence-corrected chi connectivity index (χ0v) is 44.6. The van der Waals surface area contributed by atoms with Gasteiger partial charge in [-0.05, 0) is 64.2 Å². The molecule has 0 rings (SSSR count). The van der Waals surface area contributed by atoms with Crippen molar-refractivity contribution in [3.63, 3.8) is 0 Å². The normalized spacial score (nSPS) is 12.7. The van der Waals surface area contributed by atoms with Gasteiger partial charge in [0.25, 0.3) is 0 Å². The predicted octanol–water partition coefficient (Wildman–Crippen LogP) is 19.2. The lowest BCUT2D eigenvalue weighted by Crippen LogP contribution is -2.30. The zero-order chi connectivity index (χ0) is 49.3. The van der Waals surface area contributed by atoms with Crippen molar-refractivity contribution in [2.75, 3.05) is 13.2 Å². The topological polar surface area (TPSA) is 78.9 Å². The Labute approximate surface area is 420 Å². The molecule has 0 aromatic rings. The molecule has 0 aromatic heterocycles. The Morgan fingerprint density at radius 2 is 0.559 bits per heavy atom. The van der Waals surface area contributed by atoms with Crippen LogP contribution in [0.15, 0.2) is 85.1 Å². The zero-order valence-electron chi connectivity index (χ0n) is 44.6. The highest BCUT2D eigenvalue weighted by Crippen LogP contribution is 2.15. The smallest absolute Gasteiger partial charge is 0.306 e. The Hall–Kier alpha value is -3.41. The van der Waals surface area contributed by atoms with Gasteiger partial charge in [-0.15, -0.1) is 0 Å². The second-order valence-corrected chi connectivity index (χ2v) is 19.0. The lowest BCUT2D eigenvalue weighted by Gasteiger charge is -2.18. The van der Waals surface area contributed by atoms with Gasteiger partial charge < -0.3 is 14.2 Å². The first-order valence-corrected chi connectivity index (χ1v) is 28.7. The molecule has 0 bridgehead atoms. The van der Waals surface area contributed by atoms with Crippen LogP contribution < -0.4 is 0 Å². The molecule has 0 aliphatic rings. The van der Waals surface area contributed by atoms with Crippen LogP contribution in [0, 0.1) is 0 Å². The molecule has 0 aromatic carbocycles. The summed E-state index contributed by atoms with van der Waals surface area (Å²) >= 11 is 0. The third-order valence-corrected chi connectivity index (χ3v) is 12.3. The number of carbonyl (C=O) groups is 3. The van der Waals surface area contributed by atoms with E-state index in [4.69, 9.17) is 14.2 Å². The third-order valence-electron chi connectivity index (χ3n) is 12.3. The van der Waals surface area contributed by atoms with Crippen LogP contribution in [0.4, 0.5) is 0 Å². The summed E-state index contributed by atoms with van der Waals surface area (Å²) in [6.45, 7) is 6.53. The van der Waals surface area contributed by atoms with Gasteiger partial charge in [0.05, 0.1) is 0 Å². The maximum absolute atomic E-state index is 12.9. The average Bonchev–Trinajstić information content (AvgIpc) is 3.34. The van der Waals surface area contributed by atoms with Crippen molar-refractivity contribution < 1.29 is 28.6 Å². The highest BCUT2D eigenvalue weighted by molar-refractivity contribution is 5.71. The van der Waals surface area contributed by atoms with Gasteiger partial charge in [-0.25, -0.2) is 0 Å². The third kappa shape index (κ3) is 53.5. The van der Waals surface area contributed by atoms with Crippen molar-refractivity contribution in [3.8, 4) is 0 Å². The molecule has 0 heterocycles. The van der Waals surface area contributed by atoms with Gasteiger partial charge in [0.15, 0.2) is 6.10 Å². The Balaban J connectivity index is 4.46. The summed E-state index contributed by atoms with van der Waals surface area (Å²) in [7, 11) is 0. The summed E-state index contributed by atoms with van der Waals surface area (Å²) in [5.74, 6) is -0.924. The Morgan fingerprint density at radius 1 is 0.294 bits per heavy atom. The molecular weight excluding hydrogens is 841 g/mol. The van der Waals surface area contributed by atoms with Gasteiger partial charge in [0.1, 0.15) is 13.2 Å². The van der Waals surface area contributed by atoms with Crippen LogP contribution in [-0.4, -0.2) is 37.2 Å². The highest BCUT2D eigenvalue weighted by atomic mass is 16.6. The number of unbranched alkanes of at least 4 members (excludes halogenated alkanes) is 31. The van der Waals surface area contributed by atoms with E-state index in [-0.39, 0.29) is 31.1 Å². The summed E-state index contributed by atoms with van der Waals surface area (Å²) in [4.78, 5) is 38.1. The first-order chi connectivity index (χ1) is 33.5. The molecule has 0 N–H and O–H groups in total. The average molecular weight is 948 g/mol. The fourth-order valence-electron chi connectivity index (χ4n) is 7.93. The first-order valence-electron chi connectivity index (χ1n) is 28.7. The van der Waals surface area contributed by atoms with Gasteiger partial charge in [-0.3, -0.25) is 14.4 Å². The second-order valence-electron chi connectivity index (χ2n) is 19.0. The number of hydrogen-bond acceptors (Lipinski definition) is 6. The lowest BCUT2D eigenvalue weighted by atomic mass is 10.0. The molecule has 6 heteroatoms. The van der Waals surface area contributed by atoms with E-state index in [2.05, 4.69) is 81.5 Å². The van der Waals surface area contributed by atoms with Gasteiger partial charge in [-0.2, -0.15) is 0 Å². The Morgan fingerprint density at radius 3 is 0.897 bits per heavy atom. The largest absolute Gasteiger partial charge is 0.462 e. The molecular formula is C62H106O6. The summed E-state index contributed by atoms with van der Waals surface area (Å²) in [6, 6.07) is 0. The number of hydrogen-bond donors (Lipinski definition) is 0. The molecule has 0 spiro atoms. The quantitative estimate of drug-likeness (QED) is 0.0262. The second kappa shape index (κ2) is 56.2. The van der Waals surface area contributed by atoms with Crippen LogP contribution in [0.5, 0.6) is 0 Å². The van der Waals surface area contributed by atoms with Crippen LogP contribution in [-0.2, 0) is 28.6 Å². The van der Waals surface area contributed by atoms with Crippen molar-refractivity contribution in [3.05, 3.63) is 85.1 Å². The van der Waals surface area contributed by atoms with E-state index >= 15 is 0 Å². The molecule has 0 saturated heterocycles. The highest BCUT2D eigenvalue weighted by Gasteiger charge is 2.19. The molecule has 1 atom stereocenters. The Kier molecular flexibility index (Phi) is 53.4. The first kappa shape index (κ1) is 64.6. The molecule has 0 radical (unpaired) electrons. The van der Waals surface area contributed by atoms with Gasteiger partial charge in [0, 0.05) is 19.3 Å². The minimum absolute atomic E-state index is 0.0897. The van der Waals surface area contributed by atoms with E-state index in [0.717, 1.165) is 103 Å². The van der Waals surface area contributed by atoms with Gasteiger partial charge in [-0.1, -0.05) is 273 Å². The van der Waals surface area contributed by atoms with Crippen LogP contribution >= 0.6 is 0 Å². The maximum atomic E-state index is 12.9. The van der Waals surface area contributed by atoms with Gasteiger partial charge in [0.2, 0.25) is 0 Å². The van der Waals surface area contributed by atoms with Crippen molar-refractivity contribution in [2.24, 2.45) is 0 Å². The van der Waals surface area contributed by atoms with Crippen LogP contribution in [0.2, 0.25) is 0 Å². The van der Waals surface area contributed by atoms with Crippen molar-refractivity contribution in [1.29, 1.82) is 0 Å². The Bertz CT molecular complexity index is 1320. The standard InChI is InChI=1S/C62H106O6/c1-4-7-10-13-16-19-22-25-28-30-32-34-37-40-43-46-49-52-55-61(64)67-58-59(57-66-60(63)54-51-48-45-42-39-36-27-24-21-18-15-12-9-6-3)68-62(65)56-53-50-47-44-41-38-35-33-31-29-26-23-20-17-14-11-8-5-2/h10,13,16,19,22,25,28-35,59H,4-9,11-12,14-15,17-18,20-21,23-24,26-27,36-58H2,1-3H3/b13-10-,19-16-,25-22-,30-28-,31-29-,34-32-,35-33-. The van der Waals surface area contributed by atoms with Crippen LogP contribution in [0.25, 0.3) is 0 Å². The minimum Gasteiger partial charge on any atom is -0.462 e. The molecule has 68 heavy (non-hydrogen) atoms. The summed E-state index contributed by atoms with van der Waals surface area (Å²) in [6.07, 6.45) is 72.7. The van der Waals surface area contributed by atoms with E-state index in [1.165, 1.54) is 128 Å². The molecule has 0 amide bonds. The van der Waals surface area contributed by atoms with E-state index in [9.17, 15) is 14.4 Å². The summed E-state index contributed by atoms with van der Waals surface area (Å²) in [5, 5.41) is 0. The van der Waals surface area contributed by atoms with E-state index in [1.807, 2.05) is 24.3 Å². The molecule has 6 nitrogen and oxygen atoms in total. The van der Waals surface area contributed by atoms with E-state index < -0.39 is 6.10 Å². The fraction of sp³-hybridized carbons (Fsp3) is 0.726. The van der Waals surface area contributed by atoms with E-state index in [1.54, 1.807) is 0 Å². The van der Waals surface area contributed by atoms with Crippen molar-refractivity contribution in [1.82, 2.24) is 0 Å². The number of allylic oxidation sites excluding steroid dienone is 14. The van der Waals surface area contributed by atoms with Crippen LogP contribution in [0.1, 0.15) is 271 Å². The van der Waals surface area contributed by atoms with E-state index in [0.29, 0.717) is 19.3 Å². The fourth-order valence-corrected chi connectivity index (χ4v) is 7.93. The predicted molar refractivity (Wildman–Crippen MR) is 293 cm³/mol. The molecule has 0 fully saturated rings. The van der Waals surface area contributed by atoms with Crippen molar-refractivity contribution in [2.45, 2.75) is 277 Å². The lowest BCUT2D eigenvalue weighted by molar-refractivity contribution is -0.167. The SMILES string of the molecule is CCC\C=C/C=C\C=C/C=C\C=C/CCCCCCCC(=O)OCC(COC(=O)CCCCCCCCCCCCCCCC)OC(=O)CCCCCCC/C=C\C=C/CCCCCCCCC. The molecule has 0 aliphatic carbocycles. The van der Waals surface area contributed by atoms with Crippen molar-refractivity contribution >= 4 is 17.9 Å². The molecule has 1 unspecified atom stereocenters. The number of carbonyl (C=O) groups excluding carboxylic acids is 3. The minimum atomic E-state index is -0.795. The summed E-state index contributed by atoms with van der Waals surface area (Å²) in [5.41, 5.74) is 0. The van der Waals surface area contributed by atoms with Crippen LogP contribution in [0.3, 0.4) is 0 Å². The van der Waals surface area contributed by atoms with Gasteiger partial charge >= 0.3 is 17.9 Å².